The number of nitrogen functional groups attached to an aromatic ring is 1. The molecule has 0 aliphatic rings. The smallest absolute Gasteiger partial charge is 0.125 e. The summed E-state index contributed by atoms with van der Waals surface area (Å²) < 4.78 is 0. The highest BCUT2D eigenvalue weighted by atomic mass is 32.1. The van der Waals surface area contributed by atoms with Gasteiger partial charge in [-0.1, -0.05) is 0 Å². The maximum atomic E-state index is 7.54. The van der Waals surface area contributed by atoms with E-state index < -0.39 is 0 Å². The predicted octanol–water partition coefficient (Wildman–Crippen LogP) is 2.06. The molecule has 0 saturated heterocycles. The van der Waals surface area contributed by atoms with E-state index in [1.807, 2.05) is 11.9 Å². The second-order valence-corrected chi connectivity index (χ2v) is 4.57. The highest BCUT2D eigenvalue weighted by Gasteiger charge is 2.10. The normalized spacial score (nSPS) is 10.2. The Labute approximate surface area is 104 Å². The SMILES string of the molecule is CN(Cc1ccsc1)c1cnccc1C(=N)N. The first-order chi connectivity index (χ1) is 8.18. The molecule has 0 aliphatic heterocycles. The lowest BCUT2D eigenvalue weighted by Gasteiger charge is -2.20. The summed E-state index contributed by atoms with van der Waals surface area (Å²) in [5.74, 6) is 0.0690. The number of aromatic nitrogens is 1. The van der Waals surface area contributed by atoms with Crippen molar-refractivity contribution in [3.05, 3.63) is 46.4 Å². The van der Waals surface area contributed by atoms with Gasteiger partial charge in [0.2, 0.25) is 0 Å². The van der Waals surface area contributed by atoms with Gasteiger partial charge in [-0.15, -0.1) is 0 Å². The van der Waals surface area contributed by atoms with E-state index in [1.54, 1.807) is 29.8 Å². The van der Waals surface area contributed by atoms with E-state index in [1.165, 1.54) is 5.56 Å². The van der Waals surface area contributed by atoms with Crippen molar-refractivity contribution in [1.29, 1.82) is 5.41 Å². The first-order valence-corrected chi connectivity index (χ1v) is 6.13. The molecular formula is C12H14N4S. The molecule has 0 aliphatic carbocycles. The zero-order chi connectivity index (χ0) is 12.3. The van der Waals surface area contributed by atoms with Crippen LogP contribution in [-0.2, 0) is 6.54 Å². The van der Waals surface area contributed by atoms with Gasteiger partial charge in [-0.25, -0.2) is 0 Å². The molecule has 2 aromatic heterocycles. The van der Waals surface area contributed by atoms with Crippen molar-refractivity contribution in [3.8, 4) is 0 Å². The summed E-state index contributed by atoms with van der Waals surface area (Å²) in [7, 11) is 1.97. The van der Waals surface area contributed by atoms with Crippen LogP contribution < -0.4 is 10.6 Å². The Bertz CT molecular complexity index is 507. The lowest BCUT2D eigenvalue weighted by atomic mass is 10.2. The average Bonchev–Trinajstić information content (AvgIpc) is 2.81. The maximum absolute atomic E-state index is 7.54. The van der Waals surface area contributed by atoms with Crippen molar-refractivity contribution in [2.24, 2.45) is 5.73 Å². The van der Waals surface area contributed by atoms with Gasteiger partial charge in [-0.05, 0) is 28.5 Å². The lowest BCUT2D eigenvalue weighted by molar-refractivity contribution is 0.920. The van der Waals surface area contributed by atoms with Crippen molar-refractivity contribution in [2.75, 3.05) is 11.9 Å². The summed E-state index contributed by atoms with van der Waals surface area (Å²) in [6.07, 6.45) is 3.39. The number of nitrogens with two attached hydrogens (primary N) is 1. The van der Waals surface area contributed by atoms with Crippen LogP contribution in [0.15, 0.2) is 35.3 Å². The number of pyridine rings is 1. The third-order valence-corrected chi connectivity index (χ3v) is 3.23. The predicted molar refractivity (Wildman–Crippen MR) is 71.7 cm³/mol. The van der Waals surface area contributed by atoms with E-state index in [9.17, 15) is 0 Å². The molecule has 17 heavy (non-hydrogen) atoms. The molecule has 88 valence electrons. The number of anilines is 1. The Kier molecular flexibility index (Phi) is 3.39. The fraction of sp³-hybridized carbons (Fsp3) is 0.167. The van der Waals surface area contributed by atoms with Crippen LogP contribution in [0.4, 0.5) is 5.69 Å². The molecule has 3 N–H and O–H groups in total. The molecule has 0 bridgehead atoms. The molecule has 0 fully saturated rings. The summed E-state index contributed by atoms with van der Waals surface area (Å²) in [4.78, 5) is 6.13. The summed E-state index contributed by atoms with van der Waals surface area (Å²) in [5, 5.41) is 11.7. The van der Waals surface area contributed by atoms with Crippen LogP contribution in [0.25, 0.3) is 0 Å². The van der Waals surface area contributed by atoms with Crippen LogP contribution in [-0.4, -0.2) is 17.9 Å². The molecular weight excluding hydrogens is 232 g/mol. The van der Waals surface area contributed by atoms with Crippen molar-refractivity contribution in [3.63, 3.8) is 0 Å². The Morgan fingerprint density at radius 3 is 3.00 bits per heavy atom. The first-order valence-electron chi connectivity index (χ1n) is 5.19. The van der Waals surface area contributed by atoms with Crippen molar-refractivity contribution in [1.82, 2.24) is 4.98 Å². The first kappa shape index (κ1) is 11.6. The molecule has 2 rings (SSSR count). The van der Waals surface area contributed by atoms with Crippen molar-refractivity contribution in [2.45, 2.75) is 6.54 Å². The van der Waals surface area contributed by atoms with Crippen LogP contribution in [0.5, 0.6) is 0 Å². The Balaban J connectivity index is 2.24. The second kappa shape index (κ2) is 4.97. The molecule has 0 atom stereocenters. The van der Waals surface area contributed by atoms with Crippen molar-refractivity contribution < 1.29 is 0 Å². The number of rotatable bonds is 4. The summed E-state index contributed by atoms with van der Waals surface area (Å²) >= 11 is 1.68. The Morgan fingerprint density at radius 2 is 2.35 bits per heavy atom. The molecule has 0 unspecified atom stereocenters. The van der Waals surface area contributed by atoms with Crippen molar-refractivity contribution >= 4 is 22.9 Å². The maximum Gasteiger partial charge on any atom is 0.125 e. The Hall–Kier alpha value is -1.88. The van der Waals surface area contributed by atoms with E-state index in [2.05, 4.69) is 21.8 Å². The minimum Gasteiger partial charge on any atom is -0.384 e. The molecule has 5 heteroatoms. The van der Waals surface area contributed by atoms with Gasteiger partial charge in [0, 0.05) is 25.4 Å². The fourth-order valence-corrected chi connectivity index (χ4v) is 2.32. The third kappa shape index (κ3) is 2.62. The molecule has 4 nitrogen and oxygen atoms in total. The lowest BCUT2D eigenvalue weighted by Crippen LogP contribution is -2.22. The number of hydrogen-bond acceptors (Lipinski definition) is 4. The number of thiophene rings is 1. The highest BCUT2D eigenvalue weighted by Crippen LogP contribution is 2.20. The van der Waals surface area contributed by atoms with Gasteiger partial charge >= 0.3 is 0 Å². The summed E-state index contributed by atoms with van der Waals surface area (Å²) in [6.45, 7) is 0.787. The third-order valence-electron chi connectivity index (χ3n) is 2.50. The minimum absolute atomic E-state index is 0.0690. The Morgan fingerprint density at radius 1 is 1.53 bits per heavy atom. The van der Waals surface area contributed by atoms with E-state index in [0.717, 1.165) is 17.8 Å². The van der Waals surface area contributed by atoms with Gasteiger partial charge < -0.3 is 10.6 Å². The van der Waals surface area contributed by atoms with E-state index >= 15 is 0 Å². The number of hydrogen-bond donors (Lipinski definition) is 2. The largest absolute Gasteiger partial charge is 0.384 e. The molecule has 0 amide bonds. The monoisotopic (exact) mass is 246 g/mol. The van der Waals surface area contributed by atoms with Gasteiger partial charge in [-0.3, -0.25) is 10.4 Å². The molecule has 2 aromatic rings. The van der Waals surface area contributed by atoms with Crippen LogP contribution in [0.2, 0.25) is 0 Å². The molecule has 0 spiro atoms. The van der Waals surface area contributed by atoms with Crippen LogP contribution in [0.3, 0.4) is 0 Å². The topological polar surface area (TPSA) is 66.0 Å². The van der Waals surface area contributed by atoms with Crippen LogP contribution in [0, 0.1) is 5.41 Å². The number of nitrogens with zero attached hydrogens (tertiary/aromatic N) is 2. The van der Waals surface area contributed by atoms with E-state index in [-0.39, 0.29) is 5.84 Å². The molecule has 0 radical (unpaired) electrons. The zero-order valence-corrected chi connectivity index (χ0v) is 10.4. The quantitative estimate of drug-likeness (QED) is 0.641. The zero-order valence-electron chi connectivity index (χ0n) is 9.55. The second-order valence-electron chi connectivity index (χ2n) is 3.79. The van der Waals surface area contributed by atoms with Gasteiger partial charge in [0.25, 0.3) is 0 Å². The van der Waals surface area contributed by atoms with Gasteiger partial charge in [-0.2, -0.15) is 11.3 Å². The highest BCUT2D eigenvalue weighted by molar-refractivity contribution is 7.07. The summed E-state index contributed by atoms with van der Waals surface area (Å²) in [5.41, 5.74) is 8.40. The van der Waals surface area contributed by atoms with Gasteiger partial charge in [0.15, 0.2) is 0 Å². The molecule has 0 aromatic carbocycles. The van der Waals surface area contributed by atoms with Gasteiger partial charge in [0.1, 0.15) is 5.84 Å². The van der Waals surface area contributed by atoms with Crippen LogP contribution in [0.1, 0.15) is 11.1 Å². The average molecular weight is 246 g/mol. The number of amidine groups is 1. The minimum atomic E-state index is 0.0690. The van der Waals surface area contributed by atoms with E-state index in [4.69, 9.17) is 11.1 Å². The van der Waals surface area contributed by atoms with Gasteiger partial charge in [0.05, 0.1) is 11.9 Å². The summed E-state index contributed by atoms with van der Waals surface area (Å²) in [6, 6.07) is 3.85. The number of nitrogens with one attached hydrogen (secondary N) is 1. The standard InChI is InChI=1S/C12H14N4S/c1-16(7-9-3-5-17-8-9)11-6-15-4-2-10(11)12(13)14/h2-6,8H,7H2,1H3,(H3,13,14). The fourth-order valence-electron chi connectivity index (χ4n) is 1.66. The van der Waals surface area contributed by atoms with E-state index in [0.29, 0.717) is 0 Å². The van der Waals surface area contributed by atoms with Crippen LogP contribution >= 0.6 is 11.3 Å². The molecule has 0 saturated carbocycles. The molecule has 2 heterocycles.